The SMILES string of the molecule is CC[C@H](C)[C@@H](C(=O)N[C@@H](Cc1ccccc1)[C@@H](O)CN(CC1CCCC1)S(=O)(=O)c1ccc(C=NO)cc1)N1CC(=O)N(Cc2ccnc3ccccc23)C1=O. The van der Waals surface area contributed by atoms with Crippen molar-refractivity contribution in [1.29, 1.82) is 0 Å². The van der Waals surface area contributed by atoms with Gasteiger partial charge in [0.15, 0.2) is 0 Å². The van der Waals surface area contributed by atoms with Gasteiger partial charge in [-0.25, -0.2) is 13.2 Å². The Morgan fingerprint density at radius 1 is 1.02 bits per heavy atom. The van der Waals surface area contributed by atoms with Gasteiger partial charge in [-0.15, -0.1) is 0 Å². The Morgan fingerprint density at radius 3 is 2.41 bits per heavy atom. The van der Waals surface area contributed by atoms with E-state index < -0.39 is 46.1 Å². The zero-order valence-corrected chi connectivity index (χ0v) is 32.6. The topological polar surface area (TPSA) is 173 Å². The van der Waals surface area contributed by atoms with Gasteiger partial charge in [0.25, 0.3) is 5.91 Å². The summed E-state index contributed by atoms with van der Waals surface area (Å²) in [5.74, 6) is -1.21. The van der Waals surface area contributed by atoms with Gasteiger partial charge in [-0.05, 0) is 72.1 Å². The zero-order chi connectivity index (χ0) is 39.8. The standard InChI is InChI=1S/C42H50N6O7S/c1-3-29(2)40(48-28-39(50)47(42(48)52)26-33-21-22-43-36-16-10-9-15-35(33)36)41(51)45-37(23-30-11-5-4-6-12-30)38(49)27-46(25-32-13-7-8-14-32)56(54,55)34-19-17-31(18-20-34)24-44-53/h4-6,9-12,15-22,24,29,32,37-38,40,49,53H,3,7-8,13-14,23,25-28H2,1-2H3,(H,45,51)/t29-,37-,38-,40-/m0/s1. The lowest BCUT2D eigenvalue weighted by Gasteiger charge is -2.34. The van der Waals surface area contributed by atoms with Crippen LogP contribution in [0.3, 0.4) is 0 Å². The highest BCUT2D eigenvalue weighted by Gasteiger charge is 2.45. The molecule has 13 nitrogen and oxygen atoms in total. The van der Waals surface area contributed by atoms with E-state index in [1.54, 1.807) is 12.3 Å². The van der Waals surface area contributed by atoms with Crippen LogP contribution < -0.4 is 5.32 Å². The van der Waals surface area contributed by atoms with Crippen molar-refractivity contribution in [2.45, 2.75) is 82.0 Å². The Hall–Kier alpha value is -5.18. The summed E-state index contributed by atoms with van der Waals surface area (Å²) in [5, 5.41) is 27.8. The van der Waals surface area contributed by atoms with E-state index in [2.05, 4.69) is 15.5 Å². The minimum atomic E-state index is -4.10. The van der Waals surface area contributed by atoms with Crippen molar-refractivity contribution in [3.8, 4) is 0 Å². The van der Waals surface area contributed by atoms with Crippen LogP contribution in [0.4, 0.5) is 4.79 Å². The number of carbonyl (C=O) groups excluding carboxylic acids is 3. The molecule has 1 saturated heterocycles. The number of oxime groups is 1. The molecule has 56 heavy (non-hydrogen) atoms. The summed E-state index contributed by atoms with van der Waals surface area (Å²) in [6, 6.07) is 21.9. The lowest BCUT2D eigenvalue weighted by atomic mass is 9.95. The van der Waals surface area contributed by atoms with E-state index in [1.165, 1.54) is 39.7 Å². The number of rotatable bonds is 17. The third kappa shape index (κ3) is 9.26. The summed E-state index contributed by atoms with van der Waals surface area (Å²) in [7, 11) is -4.10. The molecule has 1 saturated carbocycles. The van der Waals surface area contributed by atoms with Crippen LogP contribution in [-0.2, 0) is 32.6 Å². The van der Waals surface area contributed by atoms with Crippen LogP contribution in [0.15, 0.2) is 101 Å². The molecule has 4 atom stereocenters. The van der Waals surface area contributed by atoms with Crippen LogP contribution >= 0.6 is 0 Å². The minimum Gasteiger partial charge on any atom is -0.411 e. The molecule has 0 bridgehead atoms. The van der Waals surface area contributed by atoms with Gasteiger partial charge in [-0.1, -0.05) is 98.9 Å². The summed E-state index contributed by atoms with van der Waals surface area (Å²) >= 11 is 0. The number of aliphatic hydroxyl groups is 1. The zero-order valence-electron chi connectivity index (χ0n) is 31.8. The molecule has 3 aromatic carbocycles. The number of aliphatic hydroxyl groups excluding tert-OH is 1. The maximum atomic E-state index is 14.5. The van der Waals surface area contributed by atoms with Crippen molar-refractivity contribution >= 4 is 45.0 Å². The number of para-hydroxylation sites is 1. The van der Waals surface area contributed by atoms with Gasteiger partial charge in [0.05, 0.1) is 35.3 Å². The molecule has 2 heterocycles. The van der Waals surface area contributed by atoms with Crippen LogP contribution in [0.5, 0.6) is 0 Å². The Kier molecular flexibility index (Phi) is 13.1. The van der Waals surface area contributed by atoms with Gasteiger partial charge in [-0.2, -0.15) is 4.31 Å². The number of carbonyl (C=O) groups is 3. The summed E-state index contributed by atoms with van der Waals surface area (Å²) < 4.78 is 29.7. The van der Waals surface area contributed by atoms with Crippen LogP contribution in [0.1, 0.15) is 62.6 Å². The number of pyridine rings is 1. The first-order chi connectivity index (χ1) is 27.0. The Balaban J connectivity index is 1.26. The highest BCUT2D eigenvalue weighted by Crippen LogP contribution is 2.29. The van der Waals surface area contributed by atoms with Crippen LogP contribution in [0.25, 0.3) is 10.9 Å². The van der Waals surface area contributed by atoms with Crippen LogP contribution in [0.2, 0.25) is 0 Å². The highest BCUT2D eigenvalue weighted by molar-refractivity contribution is 7.89. The van der Waals surface area contributed by atoms with E-state index in [0.29, 0.717) is 12.0 Å². The molecular formula is C42H50N6O7S. The lowest BCUT2D eigenvalue weighted by molar-refractivity contribution is -0.129. The number of benzene rings is 3. The van der Waals surface area contributed by atoms with E-state index >= 15 is 0 Å². The number of fused-ring (bicyclic) bond motifs is 1. The average molecular weight is 783 g/mol. The fourth-order valence-corrected chi connectivity index (χ4v) is 9.31. The average Bonchev–Trinajstić information content (AvgIpc) is 3.82. The molecule has 2 fully saturated rings. The largest absolute Gasteiger partial charge is 0.411 e. The fraction of sp³-hybridized carbons (Fsp3) is 0.405. The smallest absolute Gasteiger partial charge is 0.328 e. The predicted octanol–water partition coefficient (Wildman–Crippen LogP) is 5.19. The van der Waals surface area contributed by atoms with Crippen LogP contribution in [0, 0.1) is 11.8 Å². The summed E-state index contributed by atoms with van der Waals surface area (Å²) in [6.45, 7) is 3.39. The van der Waals surface area contributed by atoms with Crippen molar-refractivity contribution in [1.82, 2.24) is 24.4 Å². The molecule has 0 radical (unpaired) electrons. The van der Waals surface area contributed by atoms with E-state index in [9.17, 15) is 27.9 Å². The second-order valence-corrected chi connectivity index (χ2v) is 16.8. The first-order valence-electron chi connectivity index (χ1n) is 19.2. The fourth-order valence-electron chi connectivity index (χ4n) is 7.78. The molecule has 4 aromatic rings. The highest BCUT2D eigenvalue weighted by atomic mass is 32.2. The molecule has 4 amide bonds. The van der Waals surface area contributed by atoms with E-state index in [0.717, 1.165) is 52.6 Å². The number of urea groups is 1. The Morgan fingerprint density at radius 2 is 1.71 bits per heavy atom. The number of hydrogen-bond acceptors (Lipinski definition) is 9. The van der Waals surface area contributed by atoms with Gasteiger partial charge >= 0.3 is 6.03 Å². The van der Waals surface area contributed by atoms with Gasteiger partial charge < -0.3 is 20.5 Å². The summed E-state index contributed by atoms with van der Waals surface area (Å²) in [4.78, 5) is 48.9. The third-order valence-electron chi connectivity index (χ3n) is 11.1. The van der Waals surface area contributed by atoms with Gasteiger partial charge in [-0.3, -0.25) is 19.5 Å². The molecule has 296 valence electrons. The number of aromatic nitrogens is 1. The lowest BCUT2D eigenvalue weighted by Crippen LogP contribution is -2.57. The van der Waals surface area contributed by atoms with Crippen molar-refractivity contribution in [2.24, 2.45) is 17.0 Å². The van der Waals surface area contributed by atoms with Gasteiger partial charge in [0.2, 0.25) is 15.9 Å². The van der Waals surface area contributed by atoms with E-state index in [-0.39, 0.29) is 49.3 Å². The monoisotopic (exact) mass is 782 g/mol. The molecule has 1 aliphatic heterocycles. The molecule has 2 aliphatic rings. The Bertz CT molecular complexity index is 2120. The normalized spacial score (nSPS) is 17.6. The summed E-state index contributed by atoms with van der Waals surface area (Å²) in [6.07, 6.45) is 5.92. The minimum absolute atomic E-state index is 0.0183. The molecule has 14 heteroatoms. The van der Waals surface area contributed by atoms with Crippen LogP contribution in [-0.4, -0.2) is 99.7 Å². The van der Waals surface area contributed by atoms with Crippen molar-refractivity contribution in [3.05, 3.63) is 108 Å². The summed E-state index contributed by atoms with van der Waals surface area (Å²) in [5.41, 5.74) is 2.82. The molecule has 1 aromatic heterocycles. The molecule has 6 rings (SSSR count). The number of hydrogen-bond donors (Lipinski definition) is 3. The maximum absolute atomic E-state index is 14.5. The van der Waals surface area contributed by atoms with Crippen molar-refractivity contribution in [3.63, 3.8) is 0 Å². The second kappa shape index (κ2) is 18.2. The molecule has 0 unspecified atom stereocenters. The number of sulfonamides is 1. The molecule has 1 aliphatic carbocycles. The van der Waals surface area contributed by atoms with E-state index in [4.69, 9.17) is 5.21 Å². The number of nitrogens with one attached hydrogen (secondary N) is 1. The van der Waals surface area contributed by atoms with Crippen molar-refractivity contribution in [2.75, 3.05) is 19.6 Å². The number of nitrogens with zero attached hydrogens (tertiary/aromatic N) is 5. The van der Waals surface area contributed by atoms with Crippen molar-refractivity contribution < 1.29 is 33.1 Å². The maximum Gasteiger partial charge on any atom is 0.328 e. The predicted molar refractivity (Wildman–Crippen MR) is 212 cm³/mol. The first kappa shape index (κ1) is 40.5. The quantitative estimate of drug-likeness (QED) is 0.0568. The molecule has 0 spiro atoms. The second-order valence-electron chi connectivity index (χ2n) is 14.9. The molecular weight excluding hydrogens is 733 g/mol. The Labute approximate surface area is 328 Å². The van der Waals surface area contributed by atoms with Gasteiger partial charge in [0.1, 0.15) is 12.6 Å². The molecule has 3 N–H and O–H groups in total. The number of imide groups is 1. The number of amides is 4. The third-order valence-corrected chi connectivity index (χ3v) is 12.9. The van der Waals surface area contributed by atoms with Gasteiger partial charge in [0, 0.05) is 24.7 Å². The van der Waals surface area contributed by atoms with E-state index in [1.807, 2.05) is 68.4 Å². The first-order valence-corrected chi connectivity index (χ1v) is 20.7.